The van der Waals surface area contributed by atoms with Crippen LogP contribution < -0.4 is 5.32 Å². The smallest absolute Gasteiger partial charge is 0.244 e. The predicted octanol–water partition coefficient (Wildman–Crippen LogP) is 4.97. The summed E-state index contributed by atoms with van der Waals surface area (Å²) in [5.74, 6) is 1.06. The fourth-order valence-electron chi connectivity index (χ4n) is 4.23. The Morgan fingerprint density at radius 3 is 2.33 bits per heavy atom. The van der Waals surface area contributed by atoms with Crippen molar-refractivity contribution in [2.45, 2.75) is 75.1 Å². The van der Waals surface area contributed by atoms with Crippen LogP contribution in [0.5, 0.6) is 0 Å². The molecule has 2 fully saturated rings. The number of hydrogen-bond donors (Lipinski definition) is 1. The second-order valence-electron chi connectivity index (χ2n) is 7.76. The van der Waals surface area contributed by atoms with Crippen molar-refractivity contribution in [1.29, 1.82) is 0 Å². The molecule has 167 valence electrons. The predicted molar refractivity (Wildman–Crippen MR) is 122 cm³/mol. The van der Waals surface area contributed by atoms with Crippen molar-refractivity contribution in [3.63, 3.8) is 0 Å². The van der Waals surface area contributed by atoms with Gasteiger partial charge in [0, 0.05) is 19.1 Å². The van der Waals surface area contributed by atoms with Crippen molar-refractivity contribution in [3.8, 4) is 0 Å². The van der Waals surface area contributed by atoms with Gasteiger partial charge in [0.05, 0.1) is 10.9 Å². The van der Waals surface area contributed by atoms with Crippen molar-refractivity contribution in [2.75, 3.05) is 13.1 Å². The van der Waals surface area contributed by atoms with E-state index in [0.29, 0.717) is 19.5 Å². The van der Waals surface area contributed by atoms with E-state index in [1.807, 2.05) is 0 Å². The Morgan fingerprint density at radius 1 is 1.03 bits per heavy atom. The number of rotatable bonds is 6. The molecular weight excluding hydrogens is 420 g/mol. The van der Waals surface area contributed by atoms with Gasteiger partial charge in [0.15, 0.2) is 0 Å². The number of hydrogen-bond acceptors (Lipinski definition) is 3. The SMILES string of the molecule is O=C(NCCC1CCCN1S(=O)(=O)c1ccccc1Cl)[C]1CCCCCCC1.[CH2].[CH2]. The molecule has 1 heterocycles. The van der Waals surface area contributed by atoms with Gasteiger partial charge in [-0.1, -0.05) is 70.7 Å². The summed E-state index contributed by atoms with van der Waals surface area (Å²) in [5, 5.41) is 3.28. The van der Waals surface area contributed by atoms with E-state index in [2.05, 4.69) is 5.32 Å². The Labute approximate surface area is 188 Å². The second-order valence-corrected chi connectivity index (χ2v) is 10.0. The molecule has 1 aliphatic carbocycles. The molecule has 1 atom stereocenters. The molecule has 0 aromatic heterocycles. The number of carbonyl (C=O) groups is 1. The van der Waals surface area contributed by atoms with Gasteiger partial charge in [-0.25, -0.2) is 8.42 Å². The normalized spacial score (nSPS) is 21.0. The summed E-state index contributed by atoms with van der Waals surface area (Å²) >= 11 is 6.13. The second kappa shape index (κ2) is 12.7. The summed E-state index contributed by atoms with van der Waals surface area (Å²) in [6.45, 7) is 1.01. The standard InChI is InChI=1S/C21H30ClN2O3S.2CH2/c22-19-12-6-7-13-20(19)28(26,27)24-16-8-11-18(24)14-15-23-21(25)17-9-4-2-1-3-5-10-17;;/h6-7,12-13,18H,1-5,8-11,14-16H2,(H,23,25);2*1H2. The summed E-state index contributed by atoms with van der Waals surface area (Å²) in [6.07, 6.45) is 9.92. The quantitative estimate of drug-likeness (QED) is 0.660. The summed E-state index contributed by atoms with van der Waals surface area (Å²) in [7, 11) is -3.62. The minimum absolute atomic E-state index is 0. The summed E-state index contributed by atoms with van der Waals surface area (Å²) in [5.41, 5.74) is 0. The lowest BCUT2D eigenvalue weighted by Gasteiger charge is -2.25. The van der Waals surface area contributed by atoms with Crippen molar-refractivity contribution in [2.24, 2.45) is 0 Å². The molecule has 3 rings (SSSR count). The lowest BCUT2D eigenvalue weighted by atomic mass is 9.90. The van der Waals surface area contributed by atoms with Gasteiger partial charge in [-0.15, -0.1) is 0 Å². The number of carbonyl (C=O) groups excluding carboxylic acids is 1. The highest BCUT2D eigenvalue weighted by Gasteiger charge is 2.36. The minimum Gasteiger partial charge on any atom is -0.356 e. The monoisotopic (exact) mass is 453 g/mol. The van der Waals surface area contributed by atoms with Crippen molar-refractivity contribution in [1.82, 2.24) is 9.62 Å². The minimum atomic E-state index is -3.62. The van der Waals surface area contributed by atoms with E-state index in [1.165, 1.54) is 19.3 Å². The first-order valence-corrected chi connectivity index (χ1v) is 12.2. The zero-order valence-electron chi connectivity index (χ0n) is 17.7. The molecular formula is C23H34ClN2O3S. The fraction of sp³-hybridized carbons (Fsp3) is 0.565. The van der Waals surface area contributed by atoms with E-state index in [0.717, 1.165) is 44.4 Å². The molecule has 5 nitrogen and oxygen atoms in total. The van der Waals surface area contributed by atoms with E-state index < -0.39 is 10.0 Å². The van der Waals surface area contributed by atoms with Crippen molar-refractivity contribution in [3.05, 3.63) is 50.1 Å². The van der Waals surface area contributed by atoms with Crippen LogP contribution in [0.3, 0.4) is 0 Å². The van der Waals surface area contributed by atoms with Crippen LogP contribution in [0.4, 0.5) is 0 Å². The average molecular weight is 454 g/mol. The van der Waals surface area contributed by atoms with Gasteiger partial charge in [-0.3, -0.25) is 4.79 Å². The third-order valence-corrected chi connectivity index (χ3v) is 8.24. The molecule has 0 spiro atoms. The summed E-state index contributed by atoms with van der Waals surface area (Å²) in [6, 6.07) is 6.48. The van der Waals surface area contributed by atoms with Gasteiger partial charge < -0.3 is 5.32 Å². The van der Waals surface area contributed by atoms with Gasteiger partial charge in [-0.05, 0) is 44.2 Å². The molecule has 1 saturated carbocycles. The first-order chi connectivity index (χ1) is 13.5. The molecule has 7 heteroatoms. The molecule has 1 aliphatic heterocycles. The Hall–Kier alpha value is -1.11. The van der Waals surface area contributed by atoms with Crippen LogP contribution >= 0.6 is 11.6 Å². The molecule has 1 unspecified atom stereocenters. The number of nitrogens with zero attached hydrogens (tertiary/aromatic N) is 1. The van der Waals surface area contributed by atoms with Crippen LogP contribution in [0.1, 0.15) is 64.2 Å². The number of benzene rings is 1. The Bertz CT molecular complexity index is 761. The maximum Gasteiger partial charge on any atom is 0.244 e. The molecule has 2 aliphatic rings. The lowest BCUT2D eigenvalue weighted by Crippen LogP contribution is -2.39. The average Bonchev–Trinajstić information content (AvgIpc) is 3.11. The fourth-order valence-corrected chi connectivity index (χ4v) is 6.45. The summed E-state index contributed by atoms with van der Waals surface area (Å²) < 4.78 is 27.6. The van der Waals surface area contributed by atoms with E-state index in [4.69, 9.17) is 11.6 Å². The maximum atomic E-state index is 13.0. The van der Waals surface area contributed by atoms with Crippen LogP contribution in [-0.4, -0.2) is 37.8 Å². The molecule has 30 heavy (non-hydrogen) atoms. The highest BCUT2D eigenvalue weighted by molar-refractivity contribution is 7.89. The van der Waals surface area contributed by atoms with Crippen LogP contribution in [-0.2, 0) is 14.8 Å². The third-order valence-electron chi connectivity index (χ3n) is 5.79. The third kappa shape index (κ3) is 6.69. The van der Waals surface area contributed by atoms with E-state index in [1.54, 1.807) is 28.6 Å². The molecule has 1 saturated heterocycles. The first kappa shape index (κ1) is 26.9. The van der Waals surface area contributed by atoms with Gasteiger partial charge in [0.2, 0.25) is 15.9 Å². The van der Waals surface area contributed by atoms with Crippen molar-refractivity contribution < 1.29 is 13.2 Å². The molecule has 1 amide bonds. The first-order valence-electron chi connectivity index (χ1n) is 10.4. The van der Waals surface area contributed by atoms with Crippen molar-refractivity contribution >= 4 is 27.5 Å². The van der Waals surface area contributed by atoms with Crippen LogP contribution in [0, 0.1) is 20.8 Å². The Balaban J connectivity index is 0.00000225. The number of nitrogens with one attached hydrogen (secondary N) is 1. The zero-order chi connectivity index (χ0) is 20.0. The molecule has 5 radical (unpaired) electrons. The lowest BCUT2D eigenvalue weighted by molar-refractivity contribution is -0.119. The maximum absolute atomic E-state index is 13.0. The van der Waals surface area contributed by atoms with Gasteiger partial charge in [-0.2, -0.15) is 4.31 Å². The van der Waals surface area contributed by atoms with E-state index >= 15 is 0 Å². The van der Waals surface area contributed by atoms with Crippen LogP contribution in [0.2, 0.25) is 5.02 Å². The Kier molecular flexibility index (Phi) is 11.4. The molecule has 1 aromatic carbocycles. The van der Waals surface area contributed by atoms with Crippen LogP contribution in [0.15, 0.2) is 29.2 Å². The van der Waals surface area contributed by atoms with Crippen LogP contribution in [0.25, 0.3) is 0 Å². The number of amides is 1. The van der Waals surface area contributed by atoms with Gasteiger partial charge in [0.25, 0.3) is 0 Å². The molecule has 1 aromatic rings. The summed E-state index contributed by atoms with van der Waals surface area (Å²) in [4.78, 5) is 12.6. The highest BCUT2D eigenvalue weighted by atomic mass is 35.5. The highest BCUT2D eigenvalue weighted by Crippen LogP contribution is 2.31. The largest absolute Gasteiger partial charge is 0.356 e. The van der Waals surface area contributed by atoms with E-state index in [-0.39, 0.29) is 36.7 Å². The number of halogens is 1. The Morgan fingerprint density at radius 2 is 1.67 bits per heavy atom. The molecule has 1 N–H and O–H groups in total. The zero-order valence-corrected chi connectivity index (χ0v) is 19.3. The molecule has 0 bridgehead atoms. The van der Waals surface area contributed by atoms with Gasteiger partial charge in [0.1, 0.15) is 4.90 Å². The number of sulfonamides is 1. The topological polar surface area (TPSA) is 66.5 Å². The van der Waals surface area contributed by atoms with E-state index in [9.17, 15) is 13.2 Å². The van der Waals surface area contributed by atoms with Gasteiger partial charge >= 0.3 is 0 Å².